The lowest BCUT2D eigenvalue weighted by Gasteiger charge is -2.18. The van der Waals surface area contributed by atoms with Crippen LogP contribution in [0, 0.1) is 0 Å². The highest BCUT2D eigenvalue weighted by atomic mass is 19.4. The van der Waals surface area contributed by atoms with E-state index in [1.54, 1.807) is 0 Å². The zero-order chi connectivity index (χ0) is 17.0. The molecule has 0 fully saturated rings. The first-order chi connectivity index (χ1) is 10.8. The molecule has 4 N–H and O–H groups in total. The molecule has 2 amide bonds. The van der Waals surface area contributed by atoms with Crippen LogP contribution in [-0.2, 0) is 15.7 Å². The van der Waals surface area contributed by atoms with Crippen molar-refractivity contribution in [2.45, 2.75) is 20.0 Å². The second-order valence-corrected chi connectivity index (χ2v) is 4.65. The van der Waals surface area contributed by atoms with E-state index in [1.165, 1.54) is 12.1 Å². The Morgan fingerprint density at radius 3 is 2.67 bits per heavy atom. The van der Waals surface area contributed by atoms with Crippen LogP contribution in [0.4, 0.5) is 23.7 Å². The molecule has 1 aliphatic rings. The first-order valence-corrected chi connectivity index (χ1v) is 6.50. The summed E-state index contributed by atoms with van der Waals surface area (Å²) < 4.78 is 44.2. The molecule has 0 atom stereocenters. The topological polar surface area (TPSA) is 106 Å². The average Bonchev–Trinajstić information content (AvgIpc) is 2.47. The summed E-state index contributed by atoms with van der Waals surface area (Å²) >= 11 is 0. The summed E-state index contributed by atoms with van der Waals surface area (Å²) in [6, 6.07) is 3.52. The van der Waals surface area contributed by atoms with Crippen LogP contribution in [0.25, 0.3) is 0 Å². The number of hydrogen-bond donors (Lipinski definition) is 3. The van der Waals surface area contributed by atoms with Crippen LogP contribution in [-0.4, -0.2) is 30.9 Å². The normalized spacial score (nSPS) is 14.0. The largest absolute Gasteiger partial charge is 0.442 e. The van der Waals surface area contributed by atoms with Crippen molar-refractivity contribution in [2.75, 3.05) is 18.5 Å². The molecule has 1 aliphatic heterocycles. The smallest absolute Gasteiger partial charge is 0.428 e. The van der Waals surface area contributed by atoms with E-state index in [-0.39, 0.29) is 44.0 Å². The molecule has 0 bridgehead atoms. The van der Waals surface area contributed by atoms with E-state index in [2.05, 4.69) is 15.2 Å². The number of cyclic esters (lactones) is 1. The minimum Gasteiger partial charge on any atom is -0.442 e. The number of amides is 2. The number of nitrogens with two attached hydrogens (primary N) is 1. The number of halogens is 3. The molecule has 2 rings (SSSR count). The number of rotatable bonds is 5. The minimum atomic E-state index is -4.61. The van der Waals surface area contributed by atoms with Gasteiger partial charge in [-0.2, -0.15) is 18.3 Å². The number of alkyl halides is 3. The molecular formula is C14H17F3N4O3. The van der Waals surface area contributed by atoms with Crippen molar-refractivity contribution in [3.8, 4) is 0 Å². The number of nitrogens with zero attached hydrogens (tertiary/aromatic N) is 1. The van der Waals surface area contributed by atoms with Crippen LogP contribution >= 0.6 is 0 Å². The van der Waals surface area contributed by atoms with Crippen molar-refractivity contribution in [3.63, 3.8) is 0 Å². The molecule has 0 saturated carbocycles. The number of nitrogens with one attached hydrogen (secondary N) is 2. The van der Waals surface area contributed by atoms with Gasteiger partial charge in [0.25, 0.3) is 0 Å². The third-order valence-electron chi connectivity index (χ3n) is 2.97. The molecule has 10 heteroatoms. The first-order valence-electron chi connectivity index (χ1n) is 6.50. The number of hydrazone groups is 1. The van der Waals surface area contributed by atoms with Gasteiger partial charge in [-0.25, -0.2) is 10.2 Å². The van der Waals surface area contributed by atoms with Gasteiger partial charge in [0.15, 0.2) is 0 Å². The third-order valence-corrected chi connectivity index (χ3v) is 2.97. The number of benzene rings is 1. The Kier molecular flexibility index (Phi) is 6.15. The average molecular weight is 346 g/mol. The molecule has 24 heavy (non-hydrogen) atoms. The fraction of sp³-hybridized carbons (Fsp3) is 0.357. The van der Waals surface area contributed by atoms with Gasteiger partial charge in [0.2, 0.25) is 5.91 Å². The Balaban J connectivity index is 0.00000288. The highest BCUT2D eigenvalue weighted by Crippen LogP contribution is 2.35. The molecule has 7 nitrogen and oxygen atoms in total. The lowest BCUT2D eigenvalue weighted by Crippen LogP contribution is -2.31. The summed E-state index contributed by atoms with van der Waals surface area (Å²) in [4.78, 5) is 21.5. The van der Waals surface area contributed by atoms with E-state index >= 15 is 0 Å². The van der Waals surface area contributed by atoms with Crippen LogP contribution in [0.2, 0.25) is 0 Å². The summed E-state index contributed by atoms with van der Waals surface area (Å²) in [6.07, 6.45) is -5.47. The van der Waals surface area contributed by atoms with Gasteiger partial charge < -0.3 is 15.8 Å². The van der Waals surface area contributed by atoms with Gasteiger partial charge in [0.1, 0.15) is 12.3 Å². The number of primary amides is 1. The summed E-state index contributed by atoms with van der Waals surface area (Å²) in [6.45, 7) is -0.241. The van der Waals surface area contributed by atoms with Gasteiger partial charge in [-0.15, -0.1) is 0 Å². The molecule has 0 saturated heterocycles. The maximum Gasteiger partial charge on any atom is 0.428 e. The molecule has 0 aliphatic carbocycles. The quantitative estimate of drug-likeness (QED) is 0.759. The van der Waals surface area contributed by atoms with Crippen molar-refractivity contribution in [1.29, 1.82) is 0 Å². The minimum absolute atomic E-state index is 0. The van der Waals surface area contributed by atoms with Crippen molar-refractivity contribution >= 4 is 23.4 Å². The van der Waals surface area contributed by atoms with Gasteiger partial charge in [-0.1, -0.05) is 13.5 Å². The second-order valence-electron chi connectivity index (χ2n) is 4.65. The van der Waals surface area contributed by atoms with Crippen molar-refractivity contribution in [1.82, 2.24) is 5.43 Å². The zero-order valence-electron chi connectivity index (χ0n) is 11.7. The molecule has 0 aromatic heterocycles. The highest BCUT2D eigenvalue weighted by molar-refractivity contribution is 6.04. The Labute approximate surface area is 136 Å². The number of carbonyl (C=O) groups is 2. The molecule has 1 aromatic carbocycles. The van der Waals surface area contributed by atoms with Crippen LogP contribution in [0.3, 0.4) is 0 Å². The van der Waals surface area contributed by atoms with Crippen LogP contribution in [0.1, 0.15) is 25.0 Å². The maximum atomic E-state index is 13.2. The molecule has 0 spiro atoms. The standard InChI is InChI=1S/C13H13F3N4O3.CH4/c14-13(15,16)8-5-7(10-6-23-12(22)20-19-10)1-2-9(8)18-4-3-11(17)21;/h1-2,5,18H,3-4,6H2,(H2,17,21)(H,20,22);1H4. The highest BCUT2D eigenvalue weighted by Gasteiger charge is 2.34. The van der Waals surface area contributed by atoms with Crippen molar-refractivity contribution in [3.05, 3.63) is 29.3 Å². The molecule has 1 heterocycles. The lowest BCUT2D eigenvalue weighted by molar-refractivity contribution is -0.137. The number of ether oxygens (including phenoxy) is 1. The van der Waals surface area contributed by atoms with Gasteiger partial charge in [-0.05, 0) is 12.1 Å². The Morgan fingerprint density at radius 1 is 1.42 bits per heavy atom. The van der Waals surface area contributed by atoms with Crippen LogP contribution < -0.4 is 16.5 Å². The van der Waals surface area contributed by atoms with Crippen LogP contribution in [0.15, 0.2) is 23.3 Å². The predicted molar refractivity (Wildman–Crippen MR) is 81.5 cm³/mol. The molecule has 132 valence electrons. The monoisotopic (exact) mass is 346 g/mol. The molecule has 0 radical (unpaired) electrons. The Hall–Kier alpha value is -2.78. The van der Waals surface area contributed by atoms with Gasteiger partial charge in [-0.3, -0.25) is 4.79 Å². The fourth-order valence-corrected chi connectivity index (χ4v) is 1.89. The zero-order valence-corrected chi connectivity index (χ0v) is 11.7. The van der Waals surface area contributed by atoms with E-state index in [9.17, 15) is 22.8 Å². The summed E-state index contributed by atoms with van der Waals surface area (Å²) in [5.41, 5.74) is 6.21. The number of hydrogen-bond acceptors (Lipinski definition) is 5. The fourth-order valence-electron chi connectivity index (χ4n) is 1.89. The molecule has 1 aromatic rings. The number of carbonyl (C=O) groups excluding carboxylic acids is 2. The van der Waals surface area contributed by atoms with Gasteiger partial charge >= 0.3 is 12.3 Å². The van der Waals surface area contributed by atoms with E-state index in [4.69, 9.17) is 5.73 Å². The molecule has 0 unspecified atom stereocenters. The van der Waals surface area contributed by atoms with E-state index in [0.717, 1.165) is 6.07 Å². The summed E-state index contributed by atoms with van der Waals surface area (Å²) in [5, 5.41) is 6.19. The summed E-state index contributed by atoms with van der Waals surface area (Å²) in [7, 11) is 0. The second kappa shape index (κ2) is 7.66. The van der Waals surface area contributed by atoms with E-state index in [1.807, 2.05) is 5.43 Å². The number of anilines is 1. The Bertz CT molecular complexity index is 659. The van der Waals surface area contributed by atoms with Gasteiger partial charge in [0, 0.05) is 24.2 Å². The van der Waals surface area contributed by atoms with Crippen molar-refractivity contribution in [2.24, 2.45) is 10.8 Å². The Morgan fingerprint density at radius 2 is 2.12 bits per heavy atom. The van der Waals surface area contributed by atoms with Crippen LogP contribution in [0.5, 0.6) is 0 Å². The SMILES string of the molecule is C.NC(=O)CCNc1ccc(C2=NNC(=O)OC2)cc1C(F)(F)F. The lowest BCUT2D eigenvalue weighted by atomic mass is 10.0. The van der Waals surface area contributed by atoms with Gasteiger partial charge in [0.05, 0.1) is 5.56 Å². The van der Waals surface area contributed by atoms with E-state index in [0.29, 0.717) is 0 Å². The summed E-state index contributed by atoms with van der Waals surface area (Å²) in [5.74, 6) is -0.618. The first kappa shape index (κ1) is 19.3. The van der Waals surface area contributed by atoms with Crippen molar-refractivity contribution < 1.29 is 27.5 Å². The predicted octanol–water partition coefficient (Wildman–Crippen LogP) is 2.07. The molecular weight excluding hydrogens is 329 g/mol. The van der Waals surface area contributed by atoms with E-state index < -0.39 is 23.7 Å². The third kappa shape index (κ3) is 4.86. The maximum absolute atomic E-state index is 13.2.